The van der Waals surface area contributed by atoms with Crippen LogP contribution in [-0.4, -0.2) is 11.5 Å². The average molecular weight is 191 g/mol. The standard InChI is InChI=1S/C11H13NO2/c13-8-12-10-5-2-1-4-9(10)11(14)6-3-7-11/h1-2,4-5,8,14H,3,6-7H2,(H,12,13). The van der Waals surface area contributed by atoms with Gasteiger partial charge in [-0.1, -0.05) is 18.2 Å². The Morgan fingerprint density at radius 2 is 2.07 bits per heavy atom. The second-order valence-corrected chi connectivity index (χ2v) is 3.69. The lowest BCUT2D eigenvalue weighted by atomic mass is 9.74. The third-order valence-electron chi connectivity index (χ3n) is 2.82. The zero-order chi connectivity index (χ0) is 10.0. The Bertz CT molecular complexity index is 345. The van der Waals surface area contributed by atoms with Gasteiger partial charge in [-0.2, -0.15) is 0 Å². The number of rotatable bonds is 3. The van der Waals surface area contributed by atoms with E-state index in [1.165, 1.54) is 0 Å². The van der Waals surface area contributed by atoms with Gasteiger partial charge in [0.1, 0.15) is 0 Å². The van der Waals surface area contributed by atoms with E-state index in [-0.39, 0.29) is 0 Å². The van der Waals surface area contributed by atoms with E-state index >= 15 is 0 Å². The molecule has 74 valence electrons. The van der Waals surface area contributed by atoms with E-state index in [1.807, 2.05) is 18.2 Å². The largest absolute Gasteiger partial charge is 0.385 e. The van der Waals surface area contributed by atoms with Crippen molar-refractivity contribution < 1.29 is 9.90 Å². The van der Waals surface area contributed by atoms with Gasteiger partial charge in [0.05, 0.1) is 5.60 Å². The molecular weight excluding hydrogens is 178 g/mol. The molecule has 0 spiro atoms. The van der Waals surface area contributed by atoms with Crippen molar-refractivity contribution in [1.29, 1.82) is 0 Å². The highest BCUT2D eigenvalue weighted by Gasteiger charge is 2.37. The Morgan fingerprint density at radius 1 is 1.36 bits per heavy atom. The van der Waals surface area contributed by atoms with Gasteiger partial charge < -0.3 is 10.4 Å². The number of para-hydroxylation sites is 1. The maximum Gasteiger partial charge on any atom is 0.211 e. The number of carbonyl (C=O) groups excluding carboxylic acids is 1. The van der Waals surface area contributed by atoms with Gasteiger partial charge in [0, 0.05) is 11.3 Å². The van der Waals surface area contributed by atoms with E-state index in [0.29, 0.717) is 12.1 Å². The van der Waals surface area contributed by atoms with Gasteiger partial charge in [-0.25, -0.2) is 0 Å². The SMILES string of the molecule is O=CNc1ccccc1C1(O)CCC1. The number of hydrogen-bond acceptors (Lipinski definition) is 2. The van der Waals surface area contributed by atoms with Crippen LogP contribution in [0.1, 0.15) is 24.8 Å². The fraction of sp³-hybridized carbons (Fsp3) is 0.364. The highest BCUT2D eigenvalue weighted by molar-refractivity contribution is 5.74. The summed E-state index contributed by atoms with van der Waals surface area (Å²) in [6.07, 6.45) is 3.25. The van der Waals surface area contributed by atoms with Crippen LogP contribution in [0.2, 0.25) is 0 Å². The van der Waals surface area contributed by atoms with Crippen LogP contribution in [0.3, 0.4) is 0 Å². The first-order chi connectivity index (χ1) is 6.76. The molecule has 2 N–H and O–H groups in total. The van der Waals surface area contributed by atoms with Gasteiger partial charge in [-0.15, -0.1) is 0 Å². The molecular formula is C11H13NO2. The summed E-state index contributed by atoms with van der Waals surface area (Å²) in [6, 6.07) is 7.39. The Labute approximate surface area is 82.8 Å². The topological polar surface area (TPSA) is 49.3 Å². The van der Waals surface area contributed by atoms with Crippen molar-refractivity contribution in [2.75, 3.05) is 5.32 Å². The normalized spacial score (nSPS) is 18.4. The molecule has 0 unspecified atom stereocenters. The molecule has 1 aromatic carbocycles. The van der Waals surface area contributed by atoms with Crippen molar-refractivity contribution in [3.8, 4) is 0 Å². The lowest BCUT2D eigenvalue weighted by Crippen LogP contribution is -2.34. The van der Waals surface area contributed by atoms with Gasteiger partial charge >= 0.3 is 0 Å². The molecule has 2 rings (SSSR count). The number of benzene rings is 1. The maximum absolute atomic E-state index is 10.4. The van der Waals surface area contributed by atoms with Crippen molar-refractivity contribution in [3.63, 3.8) is 0 Å². The van der Waals surface area contributed by atoms with Gasteiger partial charge in [0.25, 0.3) is 0 Å². The van der Waals surface area contributed by atoms with Crippen molar-refractivity contribution in [3.05, 3.63) is 29.8 Å². The third kappa shape index (κ3) is 1.40. The predicted molar refractivity (Wildman–Crippen MR) is 53.9 cm³/mol. The van der Waals surface area contributed by atoms with E-state index in [1.54, 1.807) is 6.07 Å². The molecule has 0 aliphatic heterocycles. The minimum absolute atomic E-state index is 0.640. The van der Waals surface area contributed by atoms with Crippen molar-refractivity contribution in [1.82, 2.24) is 0 Å². The molecule has 3 nitrogen and oxygen atoms in total. The van der Waals surface area contributed by atoms with Crippen LogP contribution in [0.15, 0.2) is 24.3 Å². The summed E-state index contributed by atoms with van der Waals surface area (Å²) < 4.78 is 0. The Balaban J connectivity index is 2.35. The van der Waals surface area contributed by atoms with Crippen molar-refractivity contribution in [2.45, 2.75) is 24.9 Å². The number of anilines is 1. The van der Waals surface area contributed by atoms with Crippen LogP contribution in [0, 0.1) is 0 Å². The second-order valence-electron chi connectivity index (χ2n) is 3.69. The maximum atomic E-state index is 10.4. The summed E-state index contributed by atoms with van der Waals surface area (Å²) in [5.74, 6) is 0. The van der Waals surface area contributed by atoms with E-state index in [2.05, 4.69) is 5.32 Å². The molecule has 0 bridgehead atoms. The average Bonchev–Trinajstić information content (AvgIpc) is 2.16. The van der Waals surface area contributed by atoms with E-state index in [0.717, 1.165) is 24.8 Å². The monoisotopic (exact) mass is 191 g/mol. The van der Waals surface area contributed by atoms with E-state index < -0.39 is 5.60 Å². The first-order valence-electron chi connectivity index (χ1n) is 4.78. The first kappa shape index (κ1) is 9.21. The van der Waals surface area contributed by atoms with Gasteiger partial charge in [0.15, 0.2) is 0 Å². The third-order valence-corrected chi connectivity index (χ3v) is 2.82. The highest BCUT2D eigenvalue weighted by atomic mass is 16.3. The van der Waals surface area contributed by atoms with Crippen LogP contribution in [-0.2, 0) is 10.4 Å². The Kier molecular flexibility index (Phi) is 2.25. The van der Waals surface area contributed by atoms with Crippen molar-refractivity contribution in [2.24, 2.45) is 0 Å². The smallest absolute Gasteiger partial charge is 0.211 e. The van der Waals surface area contributed by atoms with Crippen molar-refractivity contribution >= 4 is 12.1 Å². The number of amides is 1. The van der Waals surface area contributed by atoms with Crippen LogP contribution >= 0.6 is 0 Å². The second kappa shape index (κ2) is 3.42. The fourth-order valence-electron chi connectivity index (χ4n) is 1.86. The summed E-state index contributed by atoms with van der Waals surface area (Å²) in [7, 11) is 0. The van der Waals surface area contributed by atoms with Crippen LogP contribution in [0.4, 0.5) is 5.69 Å². The van der Waals surface area contributed by atoms with E-state index in [9.17, 15) is 9.90 Å². The molecule has 0 atom stereocenters. The molecule has 1 aliphatic rings. The number of carbonyl (C=O) groups is 1. The molecule has 0 heterocycles. The lowest BCUT2D eigenvalue weighted by molar-refractivity contribution is -0.105. The Morgan fingerprint density at radius 3 is 2.64 bits per heavy atom. The molecule has 0 saturated heterocycles. The highest BCUT2D eigenvalue weighted by Crippen LogP contribution is 2.43. The number of hydrogen-bond donors (Lipinski definition) is 2. The zero-order valence-electron chi connectivity index (χ0n) is 7.86. The molecule has 1 amide bonds. The molecule has 3 heteroatoms. The van der Waals surface area contributed by atoms with Gasteiger partial charge in [0.2, 0.25) is 6.41 Å². The Hall–Kier alpha value is -1.35. The minimum atomic E-state index is -0.716. The summed E-state index contributed by atoms with van der Waals surface area (Å²) in [4.78, 5) is 10.4. The molecule has 0 radical (unpaired) electrons. The zero-order valence-corrected chi connectivity index (χ0v) is 7.86. The summed E-state index contributed by atoms with van der Waals surface area (Å²) in [5.41, 5.74) is 0.829. The van der Waals surface area contributed by atoms with Gasteiger partial charge in [-0.3, -0.25) is 4.79 Å². The molecule has 1 saturated carbocycles. The predicted octanol–water partition coefficient (Wildman–Crippen LogP) is 1.63. The van der Waals surface area contributed by atoms with E-state index in [4.69, 9.17) is 0 Å². The van der Waals surface area contributed by atoms with Crippen LogP contribution < -0.4 is 5.32 Å². The number of aliphatic hydroxyl groups is 1. The first-order valence-corrected chi connectivity index (χ1v) is 4.78. The van der Waals surface area contributed by atoms with Crippen LogP contribution in [0.5, 0.6) is 0 Å². The minimum Gasteiger partial charge on any atom is -0.385 e. The molecule has 14 heavy (non-hydrogen) atoms. The molecule has 0 aromatic heterocycles. The van der Waals surface area contributed by atoms with Gasteiger partial charge in [-0.05, 0) is 25.3 Å². The summed E-state index contributed by atoms with van der Waals surface area (Å²) in [6.45, 7) is 0. The quantitative estimate of drug-likeness (QED) is 0.713. The van der Waals surface area contributed by atoms with Crippen LogP contribution in [0.25, 0.3) is 0 Å². The molecule has 1 aliphatic carbocycles. The molecule has 1 aromatic rings. The molecule has 1 fully saturated rings. The summed E-state index contributed by atoms with van der Waals surface area (Å²) in [5, 5.41) is 12.7. The number of nitrogens with one attached hydrogen (secondary N) is 1. The lowest BCUT2D eigenvalue weighted by Gasteiger charge is -2.38. The fourth-order valence-corrected chi connectivity index (χ4v) is 1.86. The summed E-state index contributed by atoms with van der Waals surface area (Å²) >= 11 is 0.